The molecule has 25 heavy (non-hydrogen) atoms. The highest BCUT2D eigenvalue weighted by molar-refractivity contribution is 8.00. The van der Waals surface area contributed by atoms with Crippen LogP contribution in [0.2, 0.25) is 0 Å². The molecule has 1 amide bonds. The SMILES string of the molecule is CC(C)(C)c1ccn(C2SCN(c3cccc(C(F)(F)F)c3)C2=O)n1. The molecule has 1 atom stereocenters. The van der Waals surface area contributed by atoms with E-state index >= 15 is 0 Å². The topological polar surface area (TPSA) is 38.1 Å². The minimum absolute atomic E-state index is 0.141. The highest BCUT2D eigenvalue weighted by Crippen LogP contribution is 2.38. The van der Waals surface area contributed by atoms with Crippen LogP contribution >= 0.6 is 11.8 Å². The molecule has 0 bridgehead atoms. The lowest BCUT2D eigenvalue weighted by Gasteiger charge is -2.18. The molecule has 1 aliphatic heterocycles. The molecule has 134 valence electrons. The van der Waals surface area contributed by atoms with Crippen LogP contribution in [0, 0.1) is 0 Å². The highest BCUT2D eigenvalue weighted by Gasteiger charge is 2.37. The van der Waals surface area contributed by atoms with E-state index in [1.807, 2.05) is 26.8 Å². The van der Waals surface area contributed by atoms with Crippen LogP contribution in [0.15, 0.2) is 36.5 Å². The number of hydrogen-bond acceptors (Lipinski definition) is 3. The molecular formula is C17H18F3N3OS. The number of alkyl halides is 3. The first kappa shape index (κ1) is 17.8. The normalized spacial score (nSPS) is 18.9. The third-order valence-electron chi connectivity index (χ3n) is 3.94. The summed E-state index contributed by atoms with van der Waals surface area (Å²) in [5.74, 6) is 0.0167. The summed E-state index contributed by atoms with van der Waals surface area (Å²) in [6.07, 6.45) is -2.69. The second-order valence-electron chi connectivity index (χ2n) is 6.89. The first-order valence-corrected chi connectivity index (χ1v) is 8.78. The summed E-state index contributed by atoms with van der Waals surface area (Å²) in [5, 5.41) is 3.90. The third kappa shape index (κ3) is 3.53. The van der Waals surface area contributed by atoms with Crippen molar-refractivity contribution >= 4 is 23.4 Å². The van der Waals surface area contributed by atoms with Crippen molar-refractivity contribution in [3.63, 3.8) is 0 Å². The number of carbonyl (C=O) groups is 1. The minimum atomic E-state index is -4.44. The lowest BCUT2D eigenvalue weighted by atomic mass is 9.93. The summed E-state index contributed by atoms with van der Waals surface area (Å²) in [6, 6.07) is 6.69. The van der Waals surface area contributed by atoms with Gasteiger partial charge in [0.2, 0.25) is 0 Å². The second-order valence-corrected chi connectivity index (χ2v) is 7.93. The van der Waals surface area contributed by atoms with Crippen molar-refractivity contribution in [3.05, 3.63) is 47.8 Å². The van der Waals surface area contributed by atoms with Gasteiger partial charge in [0.15, 0.2) is 5.37 Å². The number of benzene rings is 1. The molecule has 0 N–H and O–H groups in total. The molecule has 1 aromatic heterocycles. The predicted octanol–water partition coefficient (Wildman–Crippen LogP) is 4.44. The van der Waals surface area contributed by atoms with Crippen molar-refractivity contribution in [2.24, 2.45) is 0 Å². The number of amides is 1. The fourth-order valence-corrected chi connectivity index (χ4v) is 3.63. The standard InChI is InChI=1S/C17H18F3N3OS/c1-16(2,3)13-7-8-23(21-13)15-14(24)22(10-25-15)12-6-4-5-11(9-12)17(18,19)20/h4-9,15H,10H2,1-3H3. The molecule has 1 unspecified atom stereocenters. The molecule has 1 saturated heterocycles. The van der Waals surface area contributed by atoms with Gasteiger partial charge >= 0.3 is 6.18 Å². The van der Waals surface area contributed by atoms with Crippen molar-refractivity contribution in [2.75, 3.05) is 10.8 Å². The molecule has 1 fully saturated rings. The fourth-order valence-electron chi connectivity index (χ4n) is 2.52. The number of aromatic nitrogens is 2. The van der Waals surface area contributed by atoms with E-state index in [0.717, 1.165) is 17.8 Å². The zero-order valence-corrected chi connectivity index (χ0v) is 14.9. The van der Waals surface area contributed by atoms with Crippen LogP contribution in [0.3, 0.4) is 0 Å². The fraction of sp³-hybridized carbons (Fsp3) is 0.412. The van der Waals surface area contributed by atoms with E-state index in [2.05, 4.69) is 5.10 Å². The van der Waals surface area contributed by atoms with E-state index in [4.69, 9.17) is 0 Å². The molecule has 1 aromatic carbocycles. The van der Waals surface area contributed by atoms with Gasteiger partial charge in [-0.25, -0.2) is 4.68 Å². The largest absolute Gasteiger partial charge is 0.416 e. The van der Waals surface area contributed by atoms with Crippen LogP contribution in [-0.2, 0) is 16.4 Å². The van der Waals surface area contributed by atoms with Gasteiger partial charge in [0.05, 0.1) is 17.1 Å². The third-order valence-corrected chi connectivity index (χ3v) is 5.08. The Balaban J connectivity index is 1.84. The maximum Gasteiger partial charge on any atom is 0.416 e. The smallest absolute Gasteiger partial charge is 0.300 e. The van der Waals surface area contributed by atoms with Crippen molar-refractivity contribution in [3.8, 4) is 0 Å². The first-order valence-electron chi connectivity index (χ1n) is 7.73. The molecule has 1 aliphatic rings. The molecule has 0 spiro atoms. The van der Waals surface area contributed by atoms with Gasteiger partial charge < -0.3 is 0 Å². The van der Waals surface area contributed by atoms with Crippen molar-refractivity contribution < 1.29 is 18.0 Å². The van der Waals surface area contributed by atoms with E-state index in [0.29, 0.717) is 0 Å². The number of hydrogen-bond donors (Lipinski definition) is 0. The monoisotopic (exact) mass is 369 g/mol. The number of thioether (sulfide) groups is 1. The minimum Gasteiger partial charge on any atom is -0.300 e. The van der Waals surface area contributed by atoms with E-state index in [1.165, 1.54) is 28.8 Å². The van der Waals surface area contributed by atoms with Gasteiger partial charge in [0.1, 0.15) is 0 Å². The lowest BCUT2D eigenvalue weighted by Crippen LogP contribution is -2.29. The Morgan fingerprint density at radius 2 is 1.92 bits per heavy atom. The van der Waals surface area contributed by atoms with Crippen LogP contribution in [0.4, 0.5) is 18.9 Å². The Morgan fingerprint density at radius 3 is 2.52 bits per heavy atom. The zero-order chi connectivity index (χ0) is 18.4. The quantitative estimate of drug-likeness (QED) is 0.786. The van der Waals surface area contributed by atoms with Crippen molar-refractivity contribution in [1.82, 2.24) is 9.78 Å². The van der Waals surface area contributed by atoms with Crippen molar-refractivity contribution in [2.45, 2.75) is 37.7 Å². The zero-order valence-electron chi connectivity index (χ0n) is 14.0. The van der Waals surface area contributed by atoms with Gasteiger partial charge in [-0.05, 0) is 24.3 Å². The number of anilines is 1. The predicted molar refractivity (Wildman–Crippen MR) is 91.4 cm³/mol. The van der Waals surface area contributed by atoms with E-state index in [-0.39, 0.29) is 22.9 Å². The maximum atomic E-state index is 12.9. The molecule has 3 rings (SSSR count). The van der Waals surface area contributed by atoms with Gasteiger partial charge in [-0.1, -0.05) is 26.8 Å². The van der Waals surface area contributed by atoms with E-state index in [9.17, 15) is 18.0 Å². The lowest BCUT2D eigenvalue weighted by molar-refractivity contribution is -0.137. The van der Waals surface area contributed by atoms with Crippen LogP contribution in [0.5, 0.6) is 0 Å². The maximum absolute atomic E-state index is 12.9. The molecule has 8 heteroatoms. The Morgan fingerprint density at radius 1 is 1.20 bits per heavy atom. The molecule has 2 heterocycles. The number of carbonyl (C=O) groups excluding carboxylic acids is 1. The Bertz CT molecular complexity index is 795. The van der Waals surface area contributed by atoms with Crippen LogP contribution < -0.4 is 4.90 Å². The van der Waals surface area contributed by atoms with Gasteiger partial charge in [-0.15, -0.1) is 11.8 Å². The summed E-state index contributed by atoms with van der Waals surface area (Å²) in [7, 11) is 0. The van der Waals surface area contributed by atoms with E-state index in [1.54, 1.807) is 10.9 Å². The second kappa shape index (κ2) is 6.09. The average molecular weight is 369 g/mol. The summed E-state index contributed by atoms with van der Waals surface area (Å²) < 4.78 is 40.2. The molecule has 0 radical (unpaired) electrons. The molecular weight excluding hydrogens is 351 g/mol. The van der Waals surface area contributed by atoms with Crippen LogP contribution in [0.25, 0.3) is 0 Å². The van der Waals surface area contributed by atoms with Gasteiger partial charge in [-0.3, -0.25) is 9.69 Å². The molecule has 0 saturated carbocycles. The Labute approximate surface area is 148 Å². The Kier molecular flexibility index (Phi) is 4.35. The highest BCUT2D eigenvalue weighted by atomic mass is 32.2. The van der Waals surface area contributed by atoms with Crippen LogP contribution in [-0.4, -0.2) is 21.6 Å². The number of halogens is 3. The van der Waals surface area contributed by atoms with E-state index < -0.39 is 17.1 Å². The van der Waals surface area contributed by atoms with Crippen molar-refractivity contribution in [1.29, 1.82) is 0 Å². The van der Waals surface area contributed by atoms with Gasteiger partial charge in [0.25, 0.3) is 5.91 Å². The van der Waals surface area contributed by atoms with Gasteiger partial charge in [0, 0.05) is 17.3 Å². The summed E-state index contributed by atoms with van der Waals surface area (Å²) >= 11 is 1.34. The summed E-state index contributed by atoms with van der Waals surface area (Å²) in [4.78, 5) is 14.1. The summed E-state index contributed by atoms with van der Waals surface area (Å²) in [5.41, 5.74) is 0.204. The van der Waals surface area contributed by atoms with Crippen LogP contribution in [0.1, 0.15) is 37.4 Å². The average Bonchev–Trinajstić information content (AvgIpc) is 3.12. The Hall–Kier alpha value is -1.96. The molecule has 2 aromatic rings. The van der Waals surface area contributed by atoms with Gasteiger partial charge in [-0.2, -0.15) is 18.3 Å². The number of rotatable bonds is 2. The number of nitrogens with zero attached hydrogens (tertiary/aromatic N) is 3. The summed E-state index contributed by atoms with van der Waals surface area (Å²) in [6.45, 7) is 6.08. The first-order chi connectivity index (χ1) is 11.6. The molecule has 0 aliphatic carbocycles. The molecule has 4 nitrogen and oxygen atoms in total.